The minimum absolute atomic E-state index is 0.0510. The van der Waals surface area contributed by atoms with E-state index in [-0.39, 0.29) is 11.3 Å². The van der Waals surface area contributed by atoms with Gasteiger partial charge >= 0.3 is 0 Å². The first-order chi connectivity index (χ1) is 13.0. The molecule has 7 heteroatoms. The van der Waals surface area contributed by atoms with Crippen molar-refractivity contribution in [3.05, 3.63) is 73.7 Å². The summed E-state index contributed by atoms with van der Waals surface area (Å²) in [6.07, 6.45) is 4.92. The second-order valence-corrected chi connectivity index (χ2v) is 7.97. The van der Waals surface area contributed by atoms with Crippen molar-refractivity contribution in [2.24, 2.45) is 10.9 Å². The molecule has 2 aromatic heterocycles. The van der Waals surface area contributed by atoms with Gasteiger partial charge < -0.3 is 9.15 Å². The summed E-state index contributed by atoms with van der Waals surface area (Å²) in [7, 11) is 0. The molecule has 0 N–H and O–H groups in total. The fourth-order valence-corrected chi connectivity index (χ4v) is 5.16. The lowest BCUT2D eigenvalue weighted by Crippen LogP contribution is -2.58. The number of fused-ring (bicyclic) bond motifs is 6. The Hall–Kier alpha value is -2.93. The van der Waals surface area contributed by atoms with E-state index in [0.717, 1.165) is 11.1 Å². The molecule has 0 amide bonds. The van der Waals surface area contributed by atoms with Crippen LogP contribution >= 0.6 is 11.3 Å². The summed E-state index contributed by atoms with van der Waals surface area (Å²) >= 11 is 1.30. The Bertz CT molecular complexity index is 1240. The van der Waals surface area contributed by atoms with Crippen molar-refractivity contribution in [3.63, 3.8) is 0 Å². The maximum Gasteiger partial charge on any atom is 0.270 e. The monoisotopic (exact) mass is 380 g/mol. The molecular formula is C20H16N2O4S. The second kappa shape index (κ2) is 5.53. The molecule has 2 aliphatic rings. The predicted octanol–water partition coefficient (Wildman–Crippen LogP) is 1.87. The number of ketones is 1. The second-order valence-electron chi connectivity index (χ2n) is 6.96. The molecule has 5 rings (SSSR count). The number of nitrogens with zero attached hydrogens (tertiary/aromatic N) is 2. The van der Waals surface area contributed by atoms with Gasteiger partial charge in [0.2, 0.25) is 5.72 Å². The van der Waals surface area contributed by atoms with Crippen LogP contribution in [0.5, 0.6) is 5.75 Å². The summed E-state index contributed by atoms with van der Waals surface area (Å²) in [6.45, 7) is 3.35. The van der Waals surface area contributed by atoms with Crippen LogP contribution in [0.2, 0.25) is 0 Å². The average molecular weight is 380 g/mol. The summed E-state index contributed by atoms with van der Waals surface area (Å²) < 4.78 is 13.4. The van der Waals surface area contributed by atoms with Crippen molar-refractivity contribution < 1.29 is 13.9 Å². The van der Waals surface area contributed by atoms with Gasteiger partial charge in [-0.1, -0.05) is 29.5 Å². The zero-order valence-corrected chi connectivity index (χ0v) is 15.5. The van der Waals surface area contributed by atoms with Gasteiger partial charge in [0.15, 0.2) is 4.80 Å². The Morgan fingerprint density at radius 2 is 2.15 bits per heavy atom. The number of furan rings is 1. The number of carbonyl (C=O) groups excluding carboxylic acids is 1. The van der Waals surface area contributed by atoms with Crippen molar-refractivity contribution in [2.45, 2.75) is 25.6 Å². The van der Waals surface area contributed by atoms with E-state index in [1.54, 1.807) is 29.2 Å². The first-order valence-corrected chi connectivity index (χ1v) is 9.43. The van der Waals surface area contributed by atoms with E-state index < -0.39 is 17.7 Å². The molecule has 0 saturated heterocycles. The number of hydrogen-bond donors (Lipinski definition) is 0. The molecule has 6 nitrogen and oxygen atoms in total. The number of benzene rings is 1. The molecule has 0 radical (unpaired) electrons. The maximum atomic E-state index is 13.2. The minimum Gasteiger partial charge on any atom is -0.472 e. The number of hydrogen-bond acceptors (Lipinski definition) is 6. The Morgan fingerprint density at radius 1 is 1.33 bits per heavy atom. The van der Waals surface area contributed by atoms with Crippen LogP contribution in [0.4, 0.5) is 0 Å². The molecule has 0 fully saturated rings. The van der Waals surface area contributed by atoms with Crippen molar-refractivity contribution in [2.75, 3.05) is 0 Å². The number of rotatable bonds is 2. The number of carbonyl (C=O) groups is 1. The molecule has 3 aromatic rings. The molecule has 1 aromatic carbocycles. The van der Waals surface area contributed by atoms with Crippen molar-refractivity contribution in [3.8, 4) is 5.75 Å². The summed E-state index contributed by atoms with van der Waals surface area (Å²) in [5.74, 6) is 0.0502. The largest absolute Gasteiger partial charge is 0.472 e. The van der Waals surface area contributed by atoms with Gasteiger partial charge in [0.1, 0.15) is 17.5 Å². The highest BCUT2D eigenvalue weighted by atomic mass is 32.1. The Labute approximate surface area is 158 Å². The van der Waals surface area contributed by atoms with Crippen LogP contribution < -0.4 is 19.6 Å². The van der Waals surface area contributed by atoms with Gasteiger partial charge in [-0.05, 0) is 32.1 Å². The van der Waals surface area contributed by atoms with Crippen molar-refractivity contribution in [1.29, 1.82) is 0 Å². The van der Waals surface area contributed by atoms with Gasteiger partial charge in [-0.2, -0.15) is 0 Å². The molecule has 2 aliphatic heterocycles. The minimum atomic E-state index is -1.03. The number of para-hydroxylation sites is 1. The zero-order chi connectivity index (χ0) is 18.8. The molecule has 136 valence electrons. The lowest BCUT2D eigenvalue weighted by Gasteiger charge is -2.45. The van der Waals surface area contributed by atoms with E-state index >= 15 is 0 Å². The van der Waals surface area contributed by atoms with Gasteiger partial charge in [-0.25, -0.2) is 4.99 Å². The van der Waals surface area contributed by atoms with Crippen LogP contribution in [0.1, 0.15) is 31.0 Å². The van der Waals surface area contributed by atoms with Crippen molar-refractivity contribution in [1.82, 2.24) is 4.57 Å². The predicted molar refractivity (Wildman–Crippen MR) is 99.4 cm³/mol. The van der Waals surface area contributed by atoms with Gasteiger partial charge in [-0.3, -0.25) is 14.2 Å². The van der Waals surface area contributed by atoms with E-state index in [0.29, 0.717) is 15.1 Å². The van der Waals surface area contributed by atoms with E-state index in [1.165, 1.54) is 18.3 Å². The highest BCUT2D eigenvalue weighted by Crippen LogP contribution is 2.47. The molecule has 0 spiro atoms. The third kappa shape index (κ3) is 2.28. The van der Waals surface area contributed by atoms with E-state index in [9.17, 15) is 9.59 Å². The van der Waals surface area contributed by atoms with E-state index in [1.807, 2.05) is 31.2 Å². The van der Waals surface area contributed by atoms with Crippen LogP contribution in [0.15, 0.2) is 57.1 Å². The Balaban J connectivity index is 1.85. The van der Waals surface area contributed by atoms with Gasteiger partial charge in [0.05, 0.1) is 23.1 Å². The summed E-state index contributed by atoms with van der Waals surface area (Å²) in [5.41, 5.74) is 0.450. The summed E-state index contributed by atoms with van der Waals surface area (Å²) in [5, 5.41) is 0. The van der Waals surface area contributed by atoms with Gasteiger partial charge in [0, 0.05) is 11.1 Å². The van der Waals surface area contributed by atoms with Gasteiger partial charge in [0.25, 0.3) is 5.56 Å². The number of thiazole rings is 1. The van der Waals surface area contributed by atoms with Crippen LogP contribution in [-0.4, -0.2) is 16.1 Å². The number of Topliss-reactive ketones (excluding diaryl/α,β-unsaturated/α-hetero) is 1. The highest BCUT2D eigenvalue weighted by molar-refractivity contribution is 7.07. The third-order valence-electron chi connectivity index (χ3n) is 5.16. The van der Waals surface area contributed by atoms with Crippen LogP contribution in [0.3, 0.4) is 0 Å². The molecule has 27 heavy (non-hydrogen) atoms. The summed E-state index contributed by atoms with van der Waals surface area (Å²) in [4.78, 5) is 31.0. The van der Waals surface area contributed by atoms with Crippen LogP contribution in [-0.2, 0) is 4.79 Å². The first-order valence-electron chi connectivity index (χ1n) is 8.61. The standard InChI is InChI=1S/C20H16N2O4S/c1-11(23)16-17-13-5-3-4-6-14(13)26-20(16,2)21-19-22(17)18(24)15(27-19)9-12-7-8-25-10-12/h3-10,16-17H,1-2H3/b15-9+/t16-,17-,20+/m1/s1. The molecule has 2 bridgehead atoms. The Morgan fingerprint density at radius 3 is 2.89 bits per heavy atom. The van der Waals surface area contributed by atoms with Gasteiger partial charge in [-0.15, -0.1) is 0 Å². The fourth-order valence-electron chi connectivity index (χ4n) is 4.06. The third-order valence-corrected chi connectivity index (χ3v) is 6.14. The number of aromatic nitrogens is 1. The lowest BCUT2D eigenvalue weighted by atomic mass is 9.79. The van der Waals surface area contributed by atoms with E-state index in [4.69, 9.17) is 14.1 Å². The molecular weight excluding hydrogens is 364 g/mol. The van der Waals surface area contributed by atoms with Crippen LogP contribution in [0.25, 0.3) is 6.08 Å². The van der Waals surface area contributed by atoms with Crippen molar-refractivity contribution >= 4 is 23.2 Å². The van der Waals surface area contributed by atoms with E-state index in [2.05, 4.69) is 0 Å². The summed E-state index contributed by atoms with van der Waals surface area (Å²) in [6, 6.07) is 8.89. The maximum absolute atomic E-state index is 13.2. The SMILES string of the molecule is CC(=O)[C@@H]1[C@H]2c3ccccc3O[C@]1(C)N=c1s/c(=C/c3ccoc3)c(=O)n12. The molecule has 3 atom stereocenters. The quantitative estimate of drug-likeness (QED) is 0.680. The Kier molecular flexibility index (Phi) is 3.33. The molecule has 0 unspecified atom stereocenters. The normalized spacial score (nSPS) is 25.9. The molecule has 4 heterocycles. The number of ether oxygens (including phenoxy) is 1. The highest BCUT2D eigenvalue weighted by Gasteiger charge is 2.53. The molecule has 0 aliphatic carbocycles. The smallest absolute Gasteiger partial charge is 0.270 e. The fraction of sp³-hybridized carbons (Fsp3) is 0.250. The lowest BCUT2D eigenvalue weighted by molar-refractivity contribution is -0.132. The zero-order valence-electron chi connectivity index (χ0n) is 14.7. The topological polar surface area (TPSA) is 73.8 Å². The average Bonchev–Trinajstić information content (AvgIpc) is 3.22. The molecule has 0 saturated carbocycles. The first kappa shape index (κ1) is 16.3. The van der Waals surface area contributed by atoms with Crippen LogP contribution in [0, 0.1) is 5.92 Å².